The minimum Gasteiger partial charge on any atom is -0.378 e. The number of benzene rings is 1. The van der Waals surface area contributed by atoms with Crippen molar-refractivity contribution in [3.05, 3.63) is 60.2 Å². The summed E-state index contributed by atoms with van der Waals surface area (Å²) in [5.41, 5.74) is 1.23. The van der Waals surface area contributed by atoms with E-state index in [1.165, 1.54) is 6.07 Å². The molecule has 1 amide bonds. The summed E-state index contributed by atoms with van der Waals surface area (Å²) in [5.74, 6) is -0.330. The maximum atomic E-state index is 14.0. The van der Waals surface area contributed by atoms with Crippen molar-refractivity contribution in [1.82, 2.24) is 4.98 Å². The van der Waals surface area contributed by atoms with Gasteiger partial charge in [0.2, 0.25) is 5.91 Å². The van der Waals surface area contributed by atoms with Gasteiger partial charge in [0, 0.05) is 36.7 Å². The number of anilines is 1. The summed E-state index contributed by atoms with van der Waals surface area (Å²) < 4.78 is 19.6. The summed E-state index contributed by atoms with van der Waals surface area (Å²) in [4.78, 5) is 18.4. The number of hydrogen-bond donors (Lipinski definition) is 0. The van der Waals surface area contributed by atoms with Gasteiger partial charge in [0.1, 0.15) is 5.82 Å². The summed E-state index contributed by atoms with van der Waals surface area (Å²) in [6.07, 6.45) is 6.60. The van der Waals surface area contributed by atoms with Gasteiger partial charge in [-0.1, -0.05) is 18.2 Å². The average molecular weight is 328 g/mol. The monoisotopic (exact) mass is 328 g/mol. The molecule has 0 aliphatic carbocycles. The Bertz CT molecular complexity index is 672. The minimum absolute atomic E-state index is 0.0278. The van der Waals surface area contributed by atoms with Crippen LogP contribution in [-0.4, -0.2) is 23.6 Å². The smallest absolute Gasteiger partial charge is 0.227 e. The lowest BCUT2D eigenvalue weighted by atomic mass is 10.1. The molecule has 0 spiro atoms. The van der Waals surface area contributed by atoms with E-state index >= 15 is 0 Å². The van der Waals surface area contributed by atoms with E-state index < -0.39 is 0 Å². The second-order valence-electron chi connectivity index (χ2n) is 5.95. The lowest BCUT2D eigenvalue weighted by molar-refractivity contribution is -0.119. The maximum Gasteiger partial charge on any atom is 0.227 e. The molecule has 1 atom stereocenters. The Morgan fingerprint density at radius 2 is 2.04 bits per heavy atom. The van der Waals surface area contributed by atoms with Crippen LogP contribution in [0.1, 0.15) is 31.2 Å². The van der Waals surface area contributed by atoms with Gasteiger partial charge >= 0.3 is 0 Å². The van der Waals surface area contributed by atoms with Gasteiger partial charge in [-0.05, 0) is 37.5 Å². The number of aromatic nitrogens is 1. The van der Waals surface area contributed by atoms with Gasteiger partial charge < -0.3 is 9.64 Å². The first-order valence-corrected chi connectivity index (χ1v) is 8.29. The molecule has 1 fully saturated rings. The van der Waals surface area contributed by atoms with E-state index in [0.717, 1.165) is 25.1 Å². The molecule has 126 valence electrons. The van der Waals surface area contributed by atoms with Crippen LogP contribution in [0, 0.1) is 5.82 Å². The number of pyridine rings is 1. The number of hydrogen-bond acceptors (Lipinski definition) is 3. The SMILES string of the molecule is O=C(CCC1CCCO1)N(Cc1ccccc1F)c1ccncc1. The minimum atomic E-state index is -0.302. The quantitative estimate of drug-likeness (QED) is 0.812. The van der Waals surface area contributed by atoms with Crippen LogP contribution >= 0.6 is 0 Å². The van der Waals surface area contributed by atoms with Crippen LogP contribution < -0.4 is 4.90 Å². The molecular weight excluding hydrogens is 307 g/mol. The van der Waals surface area contributed by atoms with Gasteiger partial charge in [-0.15, -0.1) is 0 Å². The lowest BCUT2D eigenvalue weighted by Crippen LogP contribution is -2.31. The van der Waals surface area contributed by atoms with Gasteiger partial charge in [0.15, 0.2) is 0 Å². The second kappa shape index (κ2) is 8.02. The van der Waals surface area contributed by atoms with E-state index in [0.29, 0.717) is 18.4 Å². The Balaban J connectivity index is 1.74. The number of carbonyl (C=O) groups excluding carboxylic acids is 1. The molecule has 0 radical (unpaired) electrons. The predicted molar refractivity (Wildman–Crippen MR) is 90.0 cm³/mol. The third kappa shape index (κ3) is 4.17. The van der Waals surface area contributed by atoms with Gasteiger partial charge in [0.05, 0.1) is 12.6 Å². The third-order valence-electron chi connectivity index (χ3n) is 4.27. The number of halogens is 1. The molecule has 3 rings (SSSR count). The molecule has 1 unspecified atom stereocenters. The first-order chi connectivity index (χ1) is 11.7. The van der Waals surface area contributed by atoms with Crippen molar-refractivity contribution in [2.75, 3.05) is 11.5 Å². The van der Waals surface area contributed by atoms with E-state index in [-0.39, 0.29) is 24.4 Å². The molecule has 1 aliphatic heterocycles. The molecule has 2 aromatic rings. The fraction of sp³-hybridized carbons (Fsp3) is 0.368. The van der Waals surface area contributed by atoms with Gasteiger partial charge in [0.25, 0.3) is 0 Å². The highest BCUT2D eigenvalue weighted by molar-refractivity contribution is 5.93. The molecular formula is C19H21FN2O2. The molecule has 1 aromatic heterocycles. The van der Waals surface area contributed by atoms with Crippen LogP contribution in [0.25, 0.3) is 0 Å². The molecule has 0 N–H and O–H groups in total. The topological polar surface area (TPSA) is 42.4 Å². The fourth-order valence-electron chi connectivity index (χ4n) is 2.94. The number of carbonyl (C=O) groups is 1. The molecule has 1 saturated heterocycles. The predicted octanol–water partition coefficient (Wildman–Crippen LogP) is 3.71. The Morgan fingerprint density at radius 3 is 2.75 bits per heavy atom. The number of amides is 1. The maximum absolute atomic E-state index is 14.0. The number of nitrogens with zero attached hydrogens (tertiary/aromatic N) is 2. The molecule has 5 heteroatoms. The molecule has 2 heterocycles. The van der Waals surface area contributed by atoms with Crippen LogP contribution in [0.2, 0.25) is 0 Å². The number of ether oxygens (including phenoxy) is 1. The van der Waals surface area contributed by atoms with Crippen LogP contribution in [0.5, 0.6) is 0 Å². The third-order valence-corrected chi connectivity index (χ3v) is 4.27. The molecule has 0 saturated carbocycles. The summed E-state index contributed by atoms with van der Waals surface area (Å²) >= 11 is 0. The fourth-order valence-corrected chi connectivity index (χ4v) is 2.94. The van der Waals surface area contributed by atoms with Crippen LogP contribution in [0.3, 0.4) is 0 Å². The summed E-state index contributed by atoms with van der Waals surface area (Å²) in [6.45, 7) is 0.989. The lowest BCUT2D eigenvalue weighted by Gasteiger charge is -2.24. The summed E-state index contributed by atoms with van der Waals surface area (Å²) in [5, 5.41) is 0. The zero-order valence-electron chi connectivity index (χ0n) is 13.5. The Hall–Kier alpha value is -2.27. The molecule has 0 bridgehead atoms. The molecule has 1 aliphatic rings. The molecule has 1 aromatic carbocycles. The van der Waals surface area contributed by atoms with E-state index in [2.05, 4.69) is 4.98 Å². The Morgan fingerprint density at radius 1 is 1.25 bits per heavy atom. The van der Waals surface area contributed by atoms with Gasteiger partial charge in [-0.3, -0.25) is 9.78 Å². The molecule has 24 heavy (non-hydrogen) atoms. The molecule has 4 nitrogen and oxygen atoms in total. The first kappa shape index (κ1) is 16.6. The highest BCUT2D eigenvalue weighted by atomic mass is 19.1. The number of rotatable bonds is 6. The van der Waals surface area contributed by atoms with Crippen molar-refractivity contribution in [3.63, 3.8) is 0 Å². The first-order valence-electron chi connectivity index (χ1n) is 8.29. The van der Waals surface area contributed by atoms with E-state index in [1.54, 1.807) is 47.6 Å². The van der Waals surface area contributed by atoms with Crippen molar-refractivity contribution in [3.8, 4) is 0 Å². The van der Waals surface area contributed by atoms with Gasteiger partial charge in [-0.2, -0.15) is 0 Å². The van der Waals surface area contributed by atoms with Gasteiger partial charge in [-0.25, -0.2) is 4.39 Å². The second-order valence-corrected chi connectivity index (χ2v) is 5.95. The Kier molecular flexibility index (Phi) is 5.54. The van der Waals surface area contributed by atoms with E-state index in [9.17, 15) is 9.18 Å². The summed E-state index contributed by atoms with van der Waals surface area (Å²) in [6, 6.07) is 10.1. The van der Waals surface area contributed by atoms with Crippen molar-refractivity contribution in [2.24, 2.45) is 0 Å². The van der Waals surface area contributed by atoms with Crippen molar-refractivity contribution in [2.45, 2.75) is 38.3 Å². The normalized spacial score (nSPS) is 17.0. The summed E-state index contributed by atoms with van der Waals surface area (Å²) in [7, 11) is 0. The highest BCUT2D eigenvalue weighted by Gasteiger charge is 2.21. The standard InChI is InChI=1S/C19H21FN2O2/c20-18-6-2-1-4-15(18)14-22(16-9-11-21-12-10-16)19(23)8-7-17-5-3-13-24-17/h1-2,4,6,9-12,17H,3,5,7-8,13-14H2. The highest BCUT2D eigenvalue weighted by Crippen LogP contribution is 2.22. The van der Waals surface area contributed by atoms with Crippen LogP contribution in [0.4, 0.5) is 10.1 Å². The van der Waals surface area contributed by atoms with E-state index in [4.69, 9.17) is 4.74 Å². The largest absolute Gasteiger partial charge is 0.378 e. The van der Waals surface area contributed by atoms with E-state index in [1.807, 2.05) is 0 Å². The zero-order valence-corrected chi connectivity index (χ0v) is 13.5. The Labute approximate surface area is 141 Å². The zero-order chi connectivity index (χ0) is 16.8. The van der Waals surface area contributed by atoms with Crippen molar-refractivity contribution in [1.29, 1.82) is 0 Å². The van der Waals surface area contributed by atoms with Crippen molar-refractivity contribution < 1.29 is 13.9 Å². The van der Waals surface area contributed by atoms with Crippen molar-refractivity contribution >= 4 is 11.6 Å². The average Bonchev–Trinajstić information content (AvgIpc) is 3.13. The van der Waals surface area contributed by atoms with Crippen LogP contribution in [0.15, 0.2) is 48.8 Å². The van der Waals surface area contributed by atoms with Crippen LogP contribution in [-0.2, 0) is 16.1 Å².